The van der Waals surface area contributed by atoms with E-state index in [0.717, 1.165) is 56.3 Å². The van der Waals surface area contributed by atoms with E-state index >= 15 is 0 Å². The lowest BCUT2D eigenvalue weighted by Crippen LogP contribution is -2.07. The second kappa shape index (κ2) is 16.8. The van der Waals surface area contributed by atoms with Crippen LogP contribution in [-0.4, -0.2) is 32.8 Å². The average molecular weight is 707 g/mol. The van der Waals surface area contributed by atoms with Crippen LogP contribution in [0.25, 0.3) is 33.6 Å². The van der Waals surface area contributed by atoms with Gasteiger partial charge >= 0.3 is 0 Å². The van der Waals surface area contributed by atoms with E-state index in [1.54, 1.807) is 4.68 Å². The third-order valence-electron chi connectivity index (χ3n) is 8.68. The van der Waals surface area contributed by atoms with Gasteiger partial charge in [-0.05, 0) is 93.6 Å². The van der Waals surface area contributed by atoms with Gasteiger partial charge in [0, 0.05) is 12.4 Å². The Kier molecular flexibility index (Phi) is 11.6. The standard InChI is InChI=1S/C26H26N2O2.C19H20N2O2/c1-4-29-25-15-12-20(3)16-24(25)28-17-23(22-13-10-19(2)11-14-22)26(27-28)30-18-21-8-6-5-7-9-21;1-4-23-18-10-7-14(3)11-17(18)21-12-16(19(22)20-21)15-8-5-13(2)6-9-15/h5-17H,4,18H2,1-3H3;5-12H,4H2,1-3H3,(H,20,22). The maximum absolute atomic E-state index is 12.3. The van der Waals surface area contributed by atoms with E-state index in [1.165, 1.54) is 11.1 Å². The number of ether oxygens (including phenoxy) is 3. The quantitative estimate of drug-likeness (QED) is 0.145. The highest BCUT2D eigenvalue weighted by atomic mass is 16.5. The molecule has 0 aliphatic carbocycles. The smallest absolute Gasteiger partial charge is 0.272 e. The summed E-state index contributed by atoms with van der Waals surface area (Å²) in [6, 6.07) is 38.5. The molecule has 8 heteroatoms. The Hall–Kier alpha value is -6.28. The van der Waals surface area contributed by atoms with E-state index in [4.69, 9.17) is 19.3 Å². The summed E-state index contributed by atoms with van der Waals surface area (Å²) in [6.07, 6.45) is 3.84. The molecule has 0 radical (unpaired) electrons. The van der Waals surface area contributed by atoms with E-state index in [1.807, 2.05) is 118 Å². The zero-order valence-electron chi connectivity index (χ0n) is 31.2. The number of aryl methyl sites for hydroxylation is 4. The number of rotatable bonds is 11. The van der Waals surface area contributed by atoms with Gasteiger partial charge in [-0.3, -0.25) is 14.6 Å². The second-order valence-electron chi connectivity index (χ2n) is 13.0. The number of aromatic nitrogens is 4. The van der Waals surface area contributed by atoms with Crippen molar-refractivity contribution >= 4 is 0 Å². The number of benzene rings is 5. The molecule has 0 saturated heterocycles. The van der Waals surface area contributed by atoms with Crippen molar-refractivity contribution < 1.29 is 14.2 Å². The minimum atomic E-state index is -0.113. The molecule has 5 aromatic carbocycles. The molecule has 7 aromatic rings. The predicted molar refractivity (Wildman–Crippen MR) is 213 cm³/mol. The highest BCUT2D eigenvalue weighted by molar-refractivity contribution is 5.69. The number of nitrogens with zero attached hydrogens (tertiary/aromatic N) is 3. The Labute approximate surface area is 311 Å². The average Bonchev–Trinajstić information content (AvgIpc) is 3.77. The first-order valence-electron chi connectivity index (χ1n) is 17.9. The monoisotopic (exact) mass is 706 g/mol. The zero-order valence-corrected chi connectivity index (χ0v) is 31.2. The van der Waals surface area contributed by atoms with Crippen LogP contribution in [0.4, 0.5) is 0 Å². The van der Waals surface area contributed by atoms with Crippen LogP contribution in [0.1, 0.15) is 41.7 Å². The van der Waals surface area contributed by atoms with E-state index in [0.29, 0.717) is 31.3 Å². The Morgan fingerprint density at radius 1 is 0.585 bits per heavy atom. The maximum Gasteiger partial charge on any atom is 0.272 e. The molecular weight excluding hydrogens is 661 g/mol. The fourth-order valence-electron chi connectivity index (χ4n) is 5.88. The lowest BCUT2D eigenvalue weighted by atomic mass is 10.1. The van der Waals surface area contributed by atoms with E-state index in [2.05, 4.69) is 61.4 Å². The maximum atomic E-state index is 12.3. The summed E-state index contributed by atoms with van der Waals surface area (Å²) < 4.78 is 21.3. The van der Waals surface area contributed by atoms with Crippen molar-refractivity contribution in [2.24, 2.45) is 0 Å². The van der Waals surface area contributed by atoms with Gasteiger partial charge in [-0.2, -0.15) is 0 Å². The van der Waals surface area contributed by atoms with E-state index < -0.39 is 0 Å². The SMILES string of the molecule is CCOc1ccc(C)cc1-n1cc(-c2ccc(C)cc2)c(=O)[nH]1.CCOc1ccc(C)cc1-n1cc(-c2ccc(C)cc2)c(OCc2ccccc2)n1. The van der Waals surface area contributed by atoms with E-state index in [9.17, 15) is 4.79 Å². The molecule has 1 N–H and O–H groups in total. The number of hydrogen-bond acceptors (Lipinski definition) is 5. The van der Waals surface area contributed by atoms with Gasteiger partial charge in [-0.25, -0.2) is 4.68 Å². The summed E-state index contributed by atoms with van der Waals surface area (Å²) in [7, 11) is 0. The summed E-state index contributed by atoms with van der Waals surface area (Å²) >= 11 is 0. The van der Waals surface area contributed by atoms with Gasteiger partial charge in [0.05, 0.1) is 24.3 Å². The van der Waals surface area contributed by atoms with Gasteiger partial charge in [0.2, 0.25) is 5.88 Å². The Bertz CT molecular complexity index is 2320. The number of aromatic amines is 1. The minimum Gasteiger partial charge on any atom is -0.492 e. The van der Waals surface area contributed by atoms with Crippen molar-refractivity contribution in [2.45, 2.75) is 48.1 Å². The first-order chi connectivity index (χ1) is 25.7. The summed E-state index contributed by atoms with van der Waals surface area (Å²) in [4.78, 5) is 12.3. The molecule has 7 rings (SSSR count). The largest absolute Gasteiger partial charge is 0.492 e. The normalized spacial score (nSPS) is 10.8. The van der Waals surface area contributed by atoms with Crippen molar-refractivity contribution in [3.05, 3.63) is 166 Å². The van der Waals surface area contributed by atoms with Crippen molar-refractivity contribution in [2.75, 3.05) is 13.2 Å². The zero-order chi connectivity index (χ0) is 37.3. The molecule has 0 aliphatic rings. The second-order valence-corrected chi connectivity index (χ2v) is 13.0. The number of hydrogen-bond donors (Lipinski definition) is 1. The molecule has 0 aliphatic heterocycles. The highest BCUT2D eigenvalue weighted by Gasteiger charge is 2.17. The lowest BCUT2D eigenvalue weighted by molar-refractivity contribution is 0.292. The van der Waals surface area contributed by atoms with Crippen LogP contribution in [0.15, 0.2) is 132 Å². The summed E-state index contributed by atoms with van der Waals surface area (Å²) in [5.41, 5.74) is 10.9. The lowest BCUT2D eigenvalue weighted by Gasteiger charge is -2.11. The molecule has 8 nitrogen and oxygen atoms in total. The third-order valence-corrected chi connectivity index (χ3v) is 8.68. The summed E-state index contributed by atoms with van der Waals surface area (Å²) in [6.45, 7) is 13.8. The van der Waals surface area contributed by atoms with Gasteiger partial charge in [-0.1, -0.05) is 102 Å². The Morgan fingerprint density at radius 2 is 1.11 bits per heavy atom. The molecule has 53 heavy (non-hydrogen) atoms. The van der Waals surface area contributed by atoms with Crippen LogP contribution in [0.3, 0.4) is 0 Å². The van der Waals surface area contributed by atoms with E-state index in [-0.39, 0.29) is 5.56 Å². The number of H-pyrrole nitrogens is 1. The highest BCUT2D eigenvalue weighted by Crippen LogP contribution is 2.33. The first kappa shape index (κ1) is 36.5. The van der Waals surface area contributed by atoms with Crippen molar-refractivity contribution in [1.29, 1.82) is 0 Å². The van der Waals surface area contributed by atoms with Crippen LogP contribution in [0.2, 0.25) is 0 Å². The van der Waals surface area contributed by atoms with Crippen LogP contribution in [-0.2, 0) is 6.61 Å². The van der Waals surface area contributed by atoms with Gasteiger partial charge in [0.25, 0.3) is 5.56 Å². The Balaban J connectivity index is 0.000000188. The van der Waals surface area contributed by atoms with Crippen LogP contribution < -0.4 is 19.8 Å². The van der Waals surface area contributed by atoms with Crippen molar-refractivity contribution in [3.63, 3.8) is 0 Å². The topological polar surface area (TPSA) is 83.3 Å². The van der Waals surface area contributed by atoms with Crippen molar-refractivity contribution in [1.82, 2.24) is 19.6 Å². The van der Waals surface area contributed by atoms with Crippen molar-refractivity contribution in [3.8, 4) is 51.0 Å². The fourth-order valence-corrected chi connectivity index (χ4v) is 5.88. The minimum absolute atomic E-state index is 0.113. The van der Waals surface area contributed by atoms with Crippen LogP contribution in [0.5, 0.6) is 17.4 Å². The predicted octanol–water partition coefficient (Wildman–Crippen LogP) is 9.98. The summed E-state index contributed by atoms with van der Waals surface area (Å²) in [5, 5.41) is 7.67. The van der Waals surface area contributed by atoms with Gasteiger partial charge in [-0.15, -0.1) is 5.10 Å². The van der Waals surface area contributed by atoms with Gasteiger partial charge < -0.3 is 14.2 Å². The molecular formula is C45H46N4O4. The molecule has 2 heterocycles. The van der Waals surface area contributed by atoms with Gasteiger partial charge in [0.1, 0.15) is 29.5 Å². The van der Waals surface area contributed by atoms with Crippen LogP contribution >= 0.6 is 0 Å². The molecule has 0 spiro atoms. The third kappa shape index (κ3) is 8.97. The van der Waals surface area contributed by atoms with Gasteiger partial charge in [0.15, 0.2) is 0 Å². The first-order valence-corrected chi connectivity index (χ1v) is 17.9. The molecule has 0 saturated carbocycles. The molecule has 0 bridgehead atoms. The molecule has 0 unspecified atom stereocenters. The fraction of sp³-hybridized carbons (Fsp3) is 0.200. The molecule has 0 amide bonds. The molecule has 0 atom stereocenters. The molecule has 270 valence electrons. The molecule has 2 aromatic heterocycles. The summed E-state index contributed by atoms with van der Waals surface area (Å²) in [5.74, 6) is 2.15. The molecule has 0 fully saturated rings. The Morgan fingerprint density at radius 3 is 1.70 bits per heavy atom. The van der Waals surface area contributed by atoms with Crippen LogP contribution in [0, 0.1) is 27.7 Å². The number of nitrogens with one attached hydrogen (secondary N) is 1.